The lowest BCUT2D eigenvalue weighted by atomic mass is 10.1. The number of rotatable bonds is 3. The minimum atomic E-state index is 0.0310. The van der Waals surface area contributed by atoms with Gasteiger partial charge >= 0.3 is 0 Å². The molecule has 5 nitrogen and oxygen atoms in total. The Morgan fingerprint density at radius 1 is 0.870 bits per heavy atom. The zero-order valence-corrected chi connectivity index (χ0v) is 14.5. The molecule has 0 aromatic rings. The zero-order chi connectivity index (χ0) is 16.2. The predicted molar refractivity (Wildman–Crippen MR) is 90.0 cm³/mol. The standard InChI is InChI=1S/C18H31N3O2/c1-2-17(22)21-11-8-15(14-21)18(23)20-10-5-9-19(12-13-20)16-6-3-4-7-16/h15-16H,2-14H2,1H3. The van der Waals surface area contributed by atoms with Crippen LogP contribution in [0.1, 0.15) is 51.9 Å². The van der Waals surface area contributed by atoms with Gasteiger partial charge in [-0.05, 0) is 25.7 Å². The Kier molecular flexibility index (Phi) is 5.57. The topological polar surface area (TPSA) is 43.9 Å². The van der Waals surface area contributed by atoms with E-state index in [1.165, 1.54) is 25.7 Å². The monoisotopic (exact) mass is 321 g/mol. The number of carbonyl (C=O) groups excluding carboxylic acids is 2. The summed E-state index contributed by atoms with van der Waals surface area (Å²) in [6.45, 7) is 7.21. The molecule has 0 radical (unpaired) electrons. The predicted octanol–water partition coefficient (Wildman–Crippen LogP) is 1.72. The molecule has 2 saturated heterocycles. The smallest absolute Gasteiger partial charge is 0.227 e. The van der Waals surface area contributed by atoms with Crippen LogP contribution in [0.25, 0.3) is 0 Å². The van der Waals surface area contributed by atoms with Crippen LogP contribution in [-0.2, 0) is 9.59 Å². The van der Waals surface area contributed by atoms with Crippen LogP contribution in [0.3, 0.4) is 0 Å². The Balaban J connectivity index is 1.51. The fourth-order valence-corrected chi connectivity index (χ4v) is 4.46. The third-order valence-corrected chi connectivity index (χ3v) is 5.88. The van der Waals surface area contributed by atoms with Gasteiger partial charge in [-0.1, -0.05) is 19.8 Å². The van der Waals surface area contributed by atoms with Gasteiger partial charge in [-0.3, -0.25) is 14.5 Å². The molecule has 3 rings (SSSR count). The van der Waals surface area contributed by atoms with Gasteiger partial charge in [0.1, 0.15) is 0 Å². The molecular weight excluding hydrogens is 290 g/mol. The minimum Gasteiger partial charge on any atom is -0.342 e. The lowest BCUT2D eigenvalue weighted by molar-refractivity contribution is -0.135. The highest BCUT2D eigenvalue weighted by molar-refractivity contribution is 5.82. The van der Waals surface area contributed by atoms with E-state index in [1.54, 1.807) is 0 Å². The Bertz CT molecular complexity index is 434. The van der Waals surface area contributed by atoms with E-state index in [0.29, 0.717) is 13.0 Å². The van der Waals surface area contributed by atoms with Crippen LogP contribution in [0.15, 0.2) is 0 Å². The molecule has 2 aliphatic heterocycles. The van der Waals surface area contributed by atoms with Crippen molar-refractivity contribution in [2.45, 2.75) is 57.9 Å². The molecule has 130 valence electrons. The fraction of sp³-hybridized carbons (Fsp3) is 0.889. The molecule has 3 fully saturated rings. The highest BCUT2D eigenvalue weighted by Gasteiger charge is 2.34. The minimum absolute atomic E-state index is 0.0310. The van der Waals surface area contributed by atoms with Crippen molar-refractivity contribution >= 4 is 11.8 Å². The maximum atomic E-state index is 12.8. The van der Waals surface area contributed by atoms with Gasteiger partial charge in [-0.25, -0.2) is 0 Å². The molecule has 2 heterocycles. The highest BCUT2D eigenvalue weighted by Crippen LogP contribution is 2.25. The molecule has 5 heteroatoms. The van der Waals surface area contributed by atoms with Crippen LogP contribution < -0.4 is 0 Å². The van der Waals surface area contributed by atoms with E-state index in [0.717, 1.165) is 51.6 Å². The molecular formula is C18H31N3O2. The van der Waals surface area contributed by atoms with Crippen molar-refractivity contribution < 1.29 is 9.59 Å². The molecule has 1 unspecified atom stereocenters. The third-order valence-electron chi connectivity index (χ3n) is 5.88. The lowest BCUT2D eigenvalue weighted by Gasteiger charge is -2.28. The molecule has 0 N–H and O–H groups in total. The summed E-state index contributed by atoms with van der Waals surface area (Å²) in [5.74, 6) is 0.497. The first kappa shape index (κ1) is 16.7. The Morgan fingerprint density at radius 3 is 2.39 bits per heavy atom. The van der Waals surface area contributed by atoms with Crippen molar-refractivity contribution in [2.75, 3.05) is 39.3 Å². The Morgan fingerprint density at radius 2 is 1.65 bits per heavy atom. The summed E-state index contributed by atoms with van der Waals surface area (Å²) in [7, 11) is 0. The van der Waals surface area contributed by atoms with Gasteiger partial charge in [0, 0.05) is 51.7 Å². The van der Waals surface area contributed by atoms with Crippen molar-refractivity contribution in [1.82, 2.24) is 14.7 Å². The Labute approximate surface area is 140 Å². The summed E-state index contributed by atoms with van der Waals surface area (Å²) in [5.41, 5.74) is 0. The molecule has 1 aliphatic carbocycles. The normalized spacial score (nSPS) is 27.4. The van der Waals surface area contributed by atoms with Gasteiger partial charge in [0.05, 0.1) is 5.92 Å². The summed E-state index contributed by atoms with van der Waals surface area (Å²) in [4.78, 5) is 31.2. The maximum absolute atomic E-state index is 12.8. The number of likely N-dealkylation sites (tertiary alicyclic amines) is 1. The number of hydrogen-bond acceptors (Lipinski definition) is 3. The Hall–Kier alpha value is -1.10. The largest absolute Gasteiger partial charge is 0.342 e. The van der Waals surface area contributed by atoms with E-state index in [-0.39, 0.29) is 17.7 Å². The molecule has 1 saturated carbocycles. The summed E-state index contributed by atoms with van der Waals surface area (Å²) in [5, 5.41) is 0. The van der Waals surface area contributed by atoms with E-state index in [4.69, 9.17) is 0 Å². The highest BCUT2D eigenvalue weighted by atomic mass is 16.2. The fourth-order valence-electron chi connectivity index (χ4n) is 4.46. The number of amides is 2. The van der Waals surface area contributed by atoms with Crippen LogP contribution in [0, 0.1) is 5.92 Å². The quantitative estimate of drug-likeness (QED) is 0.795. The zero-order valence-electron chi connectivity index (χ0n) is 14.5. The van der Waals surface area contributed by atoms with Crippen molar-refractivity contribution in [1.29, 1.82) is 0 Å². The van der Waals surface area contributed by atoms with Crippen molar-refractivity contribution in [2.24, 2.45) is 5.92 Å². The summed E-state index contributed by atoms with van der Waals surface area (Å²) in [6, 6.07) is 0.759. The summed E-state index contributed by atoms with van der Waals surface area (Å²) in [6.07, 6.45) is 7.89. The van der Waals surface area contributed by atoms with E-state index in [9.17, 15) is 9.59 Å². The van der Waals surface area contributed by atoms with Gasteiger partial charge in [-0.15, -0.1) is 0 Å². The van der Waals surface area contributed by atoms with Crippen molar-refractivity contribution in [3.8, 4) is 0 Å². The molecule has 0 aromatic heterocycles. The third kappa shape index (κ3) is 3.87. The van der Waals surface area contributed by atoms with Crippen LogP contribution >= 0.6 is 0 Å². The van der Waals surface area contributed by atoms with Gasteiger partial charge in [0.15, 0.2) is 0 Å². The first-order chi connectivity index (χ1) is 11.2. The second kappa shape index (κ2) is 7.65. The van der Waals surface area contributed by atoms with Gasteiger partial charge in [0.2, 0.25) is 11.8 Å². The molecule has 0 aromatic carbocycles. The average Bonchev–Trinajstić information content (AvgIpc) is 3.21. The van der Waals surface area contributed by atoms with Crippen molar-refractivity contribution in [3.63, 3.8) is 0 Å². The van der Waals surface area contributed by atoms with Crippen LogP contribution in [0.4, 0.5) is 0 Å². The molecule has 2 amide bonds. The SMILES string of the molecule is CCC(=O)N1CCC(C(=O)N2CCCN(C3CCCC3)CC2)C1. The van der Waals surface area contributed by atoms with Crippen molar-refractivity contribution in [3.05, 3.63) is 0 Å². The van der Waals surface area contributed by atoms with E-state index in [1.807, 2.05) is 11.8 Å². The lowest BCUT2D eigenvalue weighted by Crippen LogP contribution is -2.41. The molecule has 0 spiro atoms. The molecule has 1 atom stereocenters. The average molecular weight is 321 g/mol. The van der Waals surface area contributed by atoms with Gasteiger partial charge < -0.3 is 9.80 Å². The second-order valence-electron chi connectivity index (χ2n) is 7.33. The van der Waals surface area contributed by atoms with Gasteiger partial charge in [0.25, 0.3) is 0 Å². The number of hydrogen-bond donors (Lipinski definition) is 0. The van der Waals surface area contributed by atoms with Crippen LogP contribution in [-0.4, -0.2) is 71.8 Å². The van der Waals surface area contributed by atoms with E-state index < -0.39 is 0 Å². The van der Waals surface area contributed by atoms with E-state index >= 15 is 0 Å². The number of nitrogens with zero attached hydrogens (tertiary/aromatic N) is 3. The van der Waals surface area contributed by atoms with E-state index in [2.05, 4.69) is 9.80 Å². The number of carbonyl (C=O) groups is 2. The second-order valence-corrected chi connectivity index (χ2v) is 7.33. The molecule has 3 aliphatic rings. The van der Waals surface area contributed by atoms with Gasteiger partial charge in [-0.2, -0.15) is 0 Å². The molecule has 23 heavy (non-hydrogen) atoms. The van der Waals surface area contributed by atoms with Crippen LogP contribution in [0.2, 0.25) is 0 Å². The maximum Gasteiger partial charge on any atom is 0.227 e. The van der Waals surface area contributed by atoms with Crippen LogP contribution in [0.5, 0.6) is 0 Å². The first-order valence-corrected chi connectivity index (χ1v) is 9.49. The summed E-state index contributed by atoms with van der Waals surface area (Å²) >= 11 is 0. The molecule has 0 bridgehead atoms. The first-order valence-electron chi connectivity index (χ1n) is 9.49. The summed E-state index contributed by atoms with van der Waals surface area (Å²) < 4.78 is 0.